The van der Waals surface area contributed by atoms with Crippen LogP contribution in [0.15, 0.2) is 23.2 Å². The van der Waals surface area contributed by atoms with E-state index in [4.69, 9.17) is 15.3 Å². The third-order valence-corrected chi connectivity index (χ3v) is 2.33. The Bertz CT molecular complexity index is 426. The van der Waals surface area contributed by atoms with Crippen LogP contribution in [0.3, 0.4) is 0 Å². The maximum absolute atomic E-state index is 13.5. The summed E-state index contributed by atoms with van der Waals surface area (Å²) in [5, 5.41) is 2.88. The molecular formula is C12H19FN4O2. The summed E-state index contributed by atoms with van der Waals surface area (Å²) < 4.78 is 23.2. The number of anilines is 1. The number of aliphatic imine (C=N–C) groups is 1. The molecule has 0 atom stereocenters. The number of nitrogens with zero attached hydrogens (tertiary/aromatic N) is 1. The smallest absolute Gasteiger partial charge is 0.210 e. The molecule has 7 heteroatoms. The fourth-order valence-electron chi connectivity index (χ4n) is 1.40. The van der Waals surface area contributed by atoms with Gasteiger partial charge >= 0.3 is 0 Å². The fraction of sp³-hybridized carbons (Fsp3) is 0.417. The molecule has 0 aliphatic heterocycles. The molecule has 6 nitrogen and oxygen atoms in total. The molecule has 19 heavy (non-hydrogen) atoms. The van der Waals surface area contributed by atoms with E-state index in [-0.39, 0.29) is 5.75 Å². The number of benzene rings is 1. The number of nitrogens with one attached hydrogen (secondary N) is 2. The van der Waals surface area contributed by atoms with Gasteiger partial charge in [0, 0.05) is 32.0 Å². The van der Waals surface area contributed by atoms with Crippen molar-refractivity contribution in [2.45, 2.75) is 6.42 Å². The van der Waals surface area contributed by atoms with Crippen molar-refractivity contribution in [3.8, 4) is 5.75 Å². The van der Waals surface area contributed by atoms with Crippen molar-refractivity contribution in [2.75, 3.05) is 32.7 Å². The minimum absolute atomic E-state index is 0.185. The van der Waals surface area contributed by atoms with E-state index in [1.807, 2.05) is 0 Å². The van der Waals surface area contributed by atoms with E-state index in [1.54, 1.807) is 13.2 Å². The van der Waals surface area contributed by atoms with E-state index < -0.39 is 5.82 Å². The van der Waals surface area contributed by atoms with Crippen molar-refractivity contribution in [2.24, 2.45) is 10.8 Å². The second-order valence-corrected chi connectivity index (χ2v) is 3.70. The highest BCUT2D eigenvalue weighted by Crippen LogP contribution is 2.20. The Kier molecular flexibility index (Phi) is 6.62. The summed E-state index contributed by atoms with van der Waals surface area (Å²) in [6, 6.07) is 4.50. The molecule has 0 fully saturated rings. The van der Waals surface area contributed by atoms with E-state index in [1.165, 1.54) is 19.2 Å². The molecule has 0 saturated carbocycles. The molecular weight excluding hydrogens is 251 g/mol. The Morgan fingerprint density at radius 3 is 2.79 bits per heavy atom. The molecule has 1 rings (SSSR count). The van der Waals surface area contributed by atoms with Crippen LogP contribution in [0, 0.1) is 5.82 Å². The number of hydrazine groups is 1. The molecule has 0 spiro atoms. The summed E-state index contributed by atoms with van der Waals surface area (Å²) in [5.74, 6) is 5.43. The lowest BCUT2D eigenvalue weighted by Crippen LogP contribution is -2.36. The molecule has 1 aromatic rings. The van der Waals surface area contributed by atoms with Crippen molar-refractivity contribution in [1.82, 2.24) is 5.43 Å². The van der Waals surface area contributed by atoms with Gasteiger partial charge in [0.05, 0.1) is 7.11 Å². The van der Waals surface area contributed by atoms with Gasteiger partial charge in [-0.3, -0.25) is 10.4 Å². The van der Waals surface area contributed by atoms with Crippen LogP contribution < -0.4 is 21.3 Å². The van der Waals surface area contributed by atoms with Crippen LogP contribution >= 0.6 is 0 Å². The Hall–Kier alpha value is -1.86. The van der Waals surface area contributed by atoms with Crippen molar-refractivity contribution in [1.29, 1.82) is 0 Å². The second-order valence-electron chi connectivity index (χ2n) is 3.70. The van der Waals surface area contributed by atoms with Crippen LogP contribution in [0.5, 0.6) is 5.75 Å². The molecule has 1 aromatic carbocycles. The van der Waals surface area contributed by atoms with E-state index in [2.05, 4.69) is 15.7 Å². The van der Waals surface area contributed by atoms with Crippen LogP contribution in [0.25, 0.3) is 0 Å². The number of methoxy groups -OCH3 is 2. The molecule has 4 N–H and O–H groups in total. The Labute approximate surface area is 111 Å². The summed E-state index contributed by atoms with van der Waals surface area (Å²) >= 11 is 0. The highest BCUT2D eigenvalue weighted by molar-refractivity contribution is 5.93. The summed E-state index contributed by atoms with van der Waals surface area (Å²) in [6.07, 6.45) is 0.778. The van der Waals surface area contributed by atoms with Crippen molar-refractivity contribution >= 4 is 11.6 Å². The van der Waals surface area contributed by atoms with Gasteiger partial charge in [0.1, 0.15) is 0 Å². The van der Waals surface area contributed by atoms with Gasteiger partial charge in [-0.2, -0.15) is 0 Å². The highest BCUT2D eigenvalue weighted by Gasteiger charge is 2.04. The lowest BCUT2D eigenvalue weighted by atomic mass is 10.3. The molecule has 0 heterocycles. The molecule has 0 aromatic heterocycles. The van der Waals surface area contributed by atoms with Crippen molar-refractivity contribution in [3.63, 3.8) is 0 Å². The molecule has 0 radical (unpaired) electrons. The average molecular weight is 270 g/mol. The third kappa shape index (κ3) is 5.11. The normalized spacial score (nSPS) is 11.3. The van der Waals surface area contributed by atoms with E-state index in [9.17, 15) is 4.39 Å². The van der Waals surface area contributed by atoms with Gasteiger partial charge in [0.25, 0.3) is 0 Å². The Balaban J connectivity index is 2.62. The largest absolute Gasteiger partial charge is 0.494 e. The summed E-state index contributed by atoms with van der Waals surface area (Å²) in [6.45, 7) is 1.18. The predicted molar refractivity (Wildman–Crippen MR) is 72.7 cm³/mol. The Morgan fingerprint density at radius 2 is 2.21 bits per heavy atom. The first-order valence-corrected chi connectivity index (χ1v) is 5.81. The van der Waals surface area contributed by atoms with E-state index >= 15 is 0 Å². The Morgan fingerprint density at radius 1 is 1.42 bits per heavy atom. The predicted octanol–water partition coefficient (Wildman–Crippen LogP) is 1.10. The van der Waals surface area contributed by atoms with Gasteiger partial charge in [-0.05, 0) is 18.6 Å². The first-order chi connectivity index (χ1) is 9.21. The summed E-state index contributed by atoms with van der Waals surface area (Å²) in [5.41, 5.74) is 2.95. The highest BCUT2D eigenvalue weighted by atomic mass is 19.1. The van der Waals surface area contributed by atoms with Gasteiger partial charge in [0.2, 0.25) is 5.96 Å². The first kappa shape index (κ1) is 15.2. The maximum atomic E-state index is 13.5. The second kappa shape index (κ2) is 8.28. The zero-order chi connectivity index (χ0) is 14.1. The number of halogens is 1. The minimum Gasteiger partial charge on any atom is -0.494 e. The number of guanidine groups is 1. The maximum Gasteiger partial charge on any atom is 0.210 e. The van der Waals surface area contributed by atoms with Crippen LogP contribution in [0.1, 0.15) is 6.42 Å². The molecule has 0 saturated heterocycles. The number of rotatable bonds is 6. The van der Waals surface area contributed by atoms with Gasteiger partial charge in [-0.15, -0.1) is 0 Å². The molecule has 0 bridgehead atoms. The number of nitrogens with two attached hydrogens (primary N) is 1. The average Bonchev–Trinajstić information content (AvgIpc) is 2.42. The van der Waals surface area contributed by atoms with Crippen LogP contribution in [0.4, 0.5) is 10.1 Å². The fourth-order valence-corrected chi connectivity index (χ4v) is 1.40. The topological polar surface area (TPSA) is 80.9 Å². The lowest BCUT2D eigenvalue weighted by molar-refractivity contribution is 0.197. The number of ether oxygens (including phenoxy) is 2. The van der Waals surface area contributed by atoms with Gasteiger partial charge in [-0.25, -0.2) is 10.2 Å². The van der Waals surface area contributed by atoms with Gasteiger partial charge < -0.3 is 14.8 Å². The van der Waals surface area contributed by atoms with Crippen molar-refractivity contribution in [3.05, 3.63) is 24.0 Å². The SMILES string of the molecule is COCCCN=C(NN)Nc1ccc(OC)c(F)c1. The quantitative estimate of drug-likeness (QED) is 0.237. The molecule has 0 aliphatic rings. The molecule has 0 aliphatic carbocycles. The number of hydrogen-bond acceptors (Lipinski definition) is 4. The van der Waals surface area contributed by atoms with Crippen molar-refractivity contribution < 1.29 is 13.9 Å². The third-order valence-electron chi connectivity index (χ3n) is 2.33. The van der Waals surface area contributed by atoms with Gasteiger partial charge in [-0.1, -0.05) is 0 Å². The van der Waals surface area contributed by atoms with Gasteiger partial charge in [0.15, 0.2) is 11.6 Å². The first-order valence-electron chi connectivity index (χ1n) is 5.81. The summed E-state index contributed by atoms with van der Waals surface area (Å²) in [7, 11) is 3.04. The minimum atomic E-state index is -0.455. The zero-order valence-corrected chi connectivity index (χ0v) is 11.1. The molecule has 106 valence electrons. The lowest BCUT2D eigenvalue weighted by Gasteiger charge is -2.10. The number of hydrogen-bond donors (Lipinski definition) is 3. The van der Waals surface area contributed by atoms with Crippen LogP contribution in [-0.4, -0.2) is 33.3 Å². The standard InChI is InChI=1S/C12H19FN4O2/c1-18-7-3-6-15-12(17-14)16-9-4-5-11(19-2)10(13)8-9/h4-5,8H,3,6-7,14H2,1-2H3,(H2,15,16,17). The summed E-state index contributed by atoms with van der Waals surface area (Å²) in [4.78, 5) is 4.18. The molecule has 0 unspecified atom stereocenters. The van der Waals surface area contributed by atoms with Crippen LogP contribution in [-0.2, 0) is 4.74 Å². The van der Waals surface area contributed by atoms with E-state index in [0.29, 0.717) is 24.8 Å². The monoisotopic (exact) mass is 270 g/mol. The van der Waals surface area contributed by atoms with E-state index in [0.717, 1.165) is 6.42 Å². The zero-order valence-electron chi connectivity index (χ0n) is 11.1. The molecule has 0 amide bonds. The van der Waals surface area contributed by atoms with Crippen LogP contribution in [0.2, 0.25) is 0 Å².